The Morgan fingerprint density at radius 2 is 0.901 bits per heavy atom. The van der Waals surface area contributed by atoms with E-state index in [1.165, 1.54) is 16.8 Å². The topological polar surface area (TPSA) is 429 Å². The first-order chi connectivity index (χ1) is 56.7. The molecule has 12 amide bonds. The van der Waals surface area contributed by atoms with Crippen molar-refractivity contribution in [2.75, 3.05) is 46.4 Å². The van der Waals surface area contributed by atoms with Crippen molar-refractivity contribution in [1.29, 1.82) is 0 Å². The van der Waals surface area contributed by atoms with E-state index in [-0.39, 0.29) is 96.8 Å². The molecule has 0 radical (unpaired) electrons. The van der Waals surface area contributed by atoms with Crippen LogP contribution in [0, 0.1) is 0 Å². The number of alkyl carbamates (subject to hydrolysis) is 1. The Balaban J connectivity index is 1.19. The lowest BCUT2D eigenvalue weighted by Crippen LogP contribution is -2.61. The van der Waals surface area contributed by atoms with Crippen LogP contribution in [-0.2, 0) is 93.2 Å². The van der Waals surface area contributed by atoms with E-state index in [0.717, 1.165) is 10.5 Å². The molecule has 4 aromatic carbocycles. The van der Waals surface area contributed by atoms with Gasteiger partial charge in [-0.3, -0.25) is 62.3 Å². The molecule has 11 N–H and O–H groups in total. The van der Waals surface area contributed by atoms with Crippen molar-refractivity contribution in [2.45, 2.75) is 282 Å². The SMILES string of the molecule is CNC(=O)[C@H](CCC(=O)OC(C)(C)C)NC(=O)CNC(=O)[C@@H]1CCCN1C(=O)[C@H](CC(=O)NC(c1ccccc1)(c1ccccc1)c1ccccc1)NC(=O)[C@H](CC(=O)OC(C)(C)C)NC(=O)[C@@H]1CCCN1C(=O)[C@H](CCCCNC(=O)OC(C)(C)C)NC(=O)[C@H](COC(C)(C)C)NC(=O)[C@@H]1CCCN1C(=O)[C@@H](N)Cc1ccc(OC(C)(C)C)cc1. The average molecular weight is 1680 g/mol. The van der Waals surface area contributed by atoms with Gasteiger partial charge in [-0.15, -0.1) is 0 Å². The van der Waals surface area contributed by atoms with Crippen molar-refractivity contribution in [3.05, 3.63) is 138 Å². The first-order valence-electron chi connectivity index (χ1n) is 41.7. The maximum absolute atomic E-state index is 15.7. The van der Waals surface area contributed by atoms with E-state index in [9.17, 15) is 38.4 Å². The maximum atomic E-state index is 15.7. The lowest BCUT2D eigenvalue weighted by atomic mass is 9.77. The van der Waals surface area contributed by atoms with Gasteiger partial charge in [0.2, 0.25) is 65.0 Å². The number of benzene rings is 4. The zero-order valence-corrected chi connectivity index (χ0v) is 73.0. The Bertz CT molecular complexity index is 4130. The molecular weight excluding hydrogens is 1560 g/mol. The first kappa shape index (κ1) is 97.1. The van der Waals surface area contributed by atoms with Gasteiger partial charge < -0.3 is 92.0 Å². The van der Waals surface area contributed by atoms with Gasteiger partial charge in [-0.2, -0.15) is 0 Å². The summed E-state index contributed by atoms with van der Waals surface area (Å²) in [4.78, 5) is 206. The summed E-state index contributed by atoms with van der Waals surface area (Å²) in [6.45, 7) is 24.9. The number of rotatable bonds is 37. The minimum atomic E-state index is -1.91. The number of nitrogens with one attached hydrogen (secondary N) is 9. The highest BCUT2D eigenvalue weighted by atomic mass is 16.6. The number of hydrogen-bond acceptors (Lipinski definition) is 20. The smallest absolute Gasteiger partial charge is 0.407 e. The average Bonchev–Trinajstić information content (AvgIpc) is 1.73. The van der Waals surface area contributed by atoms with E-state index in [0.29, 0.717) is 28.9 Å². The van der Waals surface area contributed by atoms with Crippen LogP contribution in [0.5, 0.6) is 5.75 Å². The zero-order chi connectivity index (χ0) is 89.4. The van der Waals surface area contributed by atoms with E-state index in [2.05, 4.69) is 47.9 Å². The highest BCUT2D eigenvalue weighted by Gasteiger charge is 2.46. The predicted octanol–water partition coefficient (Wildman–Crippen LogP) is 5.86. The van der Waals surface area contributed by atoms with Gasteiger partial charge in [0.25, 0.3) is 0 Å². The second-order valence-electron chi connectivity index (χ2n) is 35.8. The van der Waals surface area contributed by atoms with E-state index in [1.807, 2.05) is 69.3 Å². The van der Waals surface area contributed by atoms with E-state index in [1.54, 1.807) is 150 Å². The van der Waals surface area contributed by atoms with Gasteiger partial charge in [0, 0.05) is 39.6 Å². The van der Waals surface area contributed by atoms with Crippen molar-refractivity contribution in [1.82, 2.24) is 62.6 Å². The third kappa shape index (κ3) is 30.6. The molecule has 32 nitrogen and oxygen atoms in total. The number of nitrogens with two attached hydrogens (primary N) is 1. The quantitative estimate of drug-likeness (QED) is 0.0109. The maximum Gasteiger partial charge on any atom is 0.407 e. The predicted molar refractivity (Wildman–Crippen MR) is 451 cm³/mol. The monoisotopic (exact) mass is 1680 g/mol. The number of unbranched alkanes of at least 4 members (excludes halogenated alkanes) is 1. The van der Waals surface area contributed by atoms with Gasteiger partial charge >= 0.3 is 18.0 Å². The number of carbonyl (C=O) groups excluding carboxylic acids is 14. The highest BCUT2D eigenvalue weighted by Crippen LogP contribution is 2.38. The second-order valence-corrected chi connectivity index (χ2v) is 35.8. The molecule has 3 aliphatic rings. The second kappa shape index (κ2) is 43.5. The van der Waals surface area contributed by atoms with Crippen LogP contribution in [0.4, 0.5) is 4.79 Å². The molecule has 32 heteroatoms. The third-order valence-corrected chi connectivity index (χ3v) is 19.9. The summed E-state index contributed by atoms with van der Waals surface area (Å²) >= 11 is 0. The molecule has 0 unspecified atom stereocenters. The summed E-state index contributed by atoms with van der Waals surface area (Å²) in [5.74, 6) is -9.90. The largest absolute Gasteiger partial charge is 0.488 e. The molecule has 0 spiro atoms. The third-order valence-electron chi connectivity index (χ3n) is 19.9. The fourth-order valence-corrected chi connectivity index (χ4v) is 14.6. The van der Waals surface area contributed by atoms with Crippen LogP contribution in [0.1, 0.15) is 210 Å². The number of amides is 12. The number of ether oxygens (including phenoxy) is 5. The van der Waals surface area contributed by atoms with Gasteiger partial charge in [0.1, 0.15) is 82.0 Å². The molecule has 0 saturated carbocycles. The fraction of sp³-hybridized carbons (Fsp3) is 0.573. The van der Waals surface area contributed by atoms with E-state index < -0.39 is 197 Å². The summed E-state index contributed by atoms with van der Waals surface area (Å²) in [7, 11) is 1.35. The van der Waals surface area contributed by atoms with Gasteiger partial charge in [0.05, 0.1) is 37.6 Å². The van der Waals surface area contributed by atoms with E-state index in [4.69, 9.17) is 29.4 Å². The summed E-state index contributed by atoms with van der Waals surface area (Å²) in [6, 6.07) is 21.6. The van der Waals surface area contributed by atoms with Crippen LogP contribution in [-0.4, -0.2) is 226 Å². The number of hydrogen-bond donors (Lipinski definition) is 10. The molecule has 0 aliphatic carbocycles. The fourth-order valence-electron chi connectivity index (χ4n) is 14.6. The molecule has 662 valence electrons. The minimum absolute atomic E-state index is 0.00795. The van der Waals surface area contributed by atoms with Crippen LogP contribution in [0.25, 0.3) is 0 Å². The minimum Gasteiger partial charge on any atom is -0.488 e. The Morgan fingerprint density at radius 1 is 0.438 bits per heavy atom. The molecule has 3 fully saturated rings. The summed E-state index contributed by atoms with van der Waals surface area (Å²) in [6.07, 6.45) is -1.12. The number of likely N-dealkylation sites (N-methyl/N-ethyl adjacent to an activating group) is 1. The standard InChI is InChI=1S/C89H127N13O19/c1-84(2,3)117-55-66(98-79(112)68-39-29-48-100(68)80(113)61(90)51-56-41-43-60(44-42-56)118-85(4,5)6)76(109)95-63(37-26-27-47-92-83(116)121-88(13,14)15)81(114)102-50-30-40-69(102)78(111)96-64(53-73(106)120-87(10,11)12)75(108)97-65(52-70(103)99-89(57-31-20-17-21-32-57,58-33-22-18-23-34-58)59-35-24-19-25-36-59)82(115)101-49-28-38-67(101)77(110)93-54-71(104)94-62(74(107)91-16)45-46-72(105)119-86(7,8)9/h17-25,31-36,41-44,61-69H,26-30,37-40,45-55,90H2,1-16H3,(H,91,107)(H,92,116)(H,93,110)(H,94,104)(H,95,109)(H,96,111)(H,97,108)(H,98,112)(H,99,103)/t61-,62-,63-,64-,65-,66-,67-,68-,69-/m0/s1. The van der Waals surface area contributed by atoms with Crippen molar-refractivity contribution in [3.8, 4) is 5.75 Å². The lowest BCUT2D eigenvalue weighted by molar-refractivity contribution is -0.157. The van der Waals surface area contributed by atoms with Crippen LogP contribution < -0.4 is 58.3 Å². The van der Waals surface area contributed by atoms with Gasteiger partial charge in [-0.05, 0) is 209 Å². The van der Waals surface area contributed by atoms with Crippen molar-refractivity contribution >= 4 is 83.0 Å². The van der Waals surface area contributed by atoms with Gasteiger partial charge in [0.15, 0.2) is 0 Å². The number of likely N-dealkylation sites (tertiary alicyclic amines) is 3. The zero-order valence-electron chi connectivity index (χ0n) is 73.0. The van der Waals surface area contributed by atoms with Crippen LogP contribution in [0.15, 0.2) is 115 Å². The van der Waals surface area contributed by atoms with Gasteiger partial charge in [-0.25, -0.2) is 4.79 Å². The first-order valence-corrected chi connectivity index (χ1v) is 41.7. The van der Waals surface area contributed by atoms with Crippen LogP contribution >= 0.6 is 0 Å². The molecule has 0 aromatic heterocycles. The number of esters is 2. The molecular formula is C89H127N13O19. The van der Waals surface area contributed by atoms with Crippen molar-refractivity contribution in [3.63, 3.8) is 0 Å². The Kier molecular flexibility index (Phi) is 34.9. The molecule has 4 aromatic rings. The van der Waals surface area contributed by atoms with Crippen LogP contribution in [0.3, 0.4) is 0 Å². The Hall–Kier alpha value is -11.0. The van der Waals surface area contributed by atoms with Crippen LogP contribution in [0.2, 0.25) is 0 Å². The summed E-state index contributed by atoms with van der Waals surface area (Å²) < 4.78 is 28.6. The molecule has 0 bridgehead atoms. The van der Waals surface area contributed by atoms with Crippen molar-refractivity contribution in [2.24, 2.45) is 5.73 Å². The van der Waals surface area contributed by atoms with E-state index >= 15 is 28.8 Å². The molecule has 7 rings (SSSR count). The molecule has 3 heterocycles. The normalized spacial score (nSPS) is 17.2. The van der Waals surface area contributed by atoms with Crippen molar-refractivity contribution < 1.29 is 90.8 Å². The number of carbonyl (C=O) groups is 14. The Labute approximate surface area is 710 Å². The molecule has 9 atom stereocenters. The lowest BCUT2D eigenvalue weighted by Gasteiger charge is -2.37. The molecule has 3 saturated heterocycles. The highest BCUT2D eigenvalue weighted by molar-refractivity contribution is 6.01. The summed E-state index contributed by atoms with van der Waals surface area (Å²) in [5.41, 5.74) is 3.57. The summed E-state index contributed by atoms with van der Waals surface area (Å²) in [5, 5.41) is 24.4. The number of nitrogens with zero attached hydrogens (tertiary/aromatic N) is 3. The van der Waals surface area contributed by atoms with Gasteiger partial charge in [-0.1, -0.05) is 103 Å². The Morgan fingerprint density at radius 3 is 1.39 bits per heavy atom. The molecule has 121 heavy (non-hydrogen) atoms. The molecule has 3 aliphatic heterocycles.